The summed E-state index contributed by atoms with van der Waals surface area (Å²) in [5.41, 5.74) is 2.31. The molecule has 124 valence electrons. The highest BCUT2D eigenvalue weighted by atomic mass is 32.2. The molecule has 2 aromatic rings. The molecule has 0 spiro atoms. The van der Waals surface area contributed by atoms with E-state index in [1.165, 1.54) is 5.56 Å². The average Bonchev–Trinajstić information content (AvgIpc) is 3.05. The van der Waals surface area contributed by atoms with Gasteiger partial charge in [0.1, 0.15) is 13.2 Å². The van der Waals surface area contributed by atoms with Crippen LogP contribution in [0.2, 0.25) is 0 Å². The fourth-order valence-corrected chi connectivity index (χ4v) is 4.10. The maximum absolute atomic E-state index is 12.9. The summed E-state index contributed by atoms with van der Waals surface area (Å²) >= 11 is 1.56. The van der Waals surface area contributed by atoms with E-state index in [9.17, 15) is 4.79 Å². The van der Waals surface area contributed by atoms with Crippen molar-refractivity contribution in [3.05, 3.63) is 48.0 Å². The van der Waals surface area contributed by atoms with E-state index in [-0.39, 0.29) is 11.2 Å². The third-order valence-corrected chi connectivity index (χ3v) is 5.41. The van der Waals surface area contributed by atoms with Gasteiger partial charge in [0, 0.05) is 17.1 Å². The average molecular weight is 341 g/mol. The lowest BCUT2D eigenvalue weighted by molar-refractivity contribution is -0.117. The van der Waals surface area contributed by atoms with E-state index in [0.717, 1.165) is 35.0 Å². The molecule has 4 nitrogen and oxygen atoms in total. The van der Waals surface area contributed by atoms with Gasteiger partial charge in [-0.05, 0) is 43.2 Å². The number of ether oxygens (including phenoxy) is 2. The fraction of sp³-hybridized carbons (Fsp3) is 0.316. The zero-order chi connectivity index (χ0) is 16.5. The van der Waals surface area contributed by atoms with Gasteiger partial charge in [-0.2, -0.15) is 0 Å². The van der Waals surface area contributed by atoms with Crippen molar-refractivity contribution in [1.29, 1.82) is 0 Å². The second-order valence-corrected chi connectivity index (χ2v) is 7.35. The lowest BCUT2D eigenvalue weighted by atomic mass is 10.2. The van der Waals surface area contributed by atoms with Crippen LogP contribution < -0.4 is 14.4 Å². The van der Waals surface area contributed by atoms with Crippen LogP contribution in [0.15, 0.2) is 47.4 Å². The zero-order valence-electron chi connectivity index (χ0n) is 13.5. The van der Waals surface area contributed by atoms with E-state index in [4.69, 9.17) is 9.47 Å². The molecule has 0 aromatic heterocycles. The Balaban J connectivity index is 1.48. The molecule has 0 fully saturated rings. The van der Waals surface area contributed by atoms with E-state index in [1.807, 2.05) is 48.2 Å². The summed E-state index contributed by atoms with van der Waals surface area (Å²) in [7, 11) is 0. The summed E-state index contributed by atoms with van der Waals surface area (Å²) in [5, 5.41) is -0.154. The molecule has 0 radical (unpaired) electrons. The first-order chi connectivity index (χ1) is 11.7. The number of hydrogen-bond donors (Lipinski definition) is 0. The van der Waals surface area contributed by atoms with E-state index in [0.29, 0.717) is 13.2 Å². The predicted molar refractivity (Wildman–Crippen MR) is 95.3 cm³/mol. The smallest absolute Gasteiger partial charge is 0.240 e. The van der Waals surface area contributed by atoms with Crippen LogP contribution in [0, 0.1) is 0 Å². The summed E-state index contributed by atoms with van der Waals surface area (Å²) < 4.78 is 11.2. The minimum Gasteiger partial charge on any atom is -0.486 e. The monoisotopic (exact) mass is 341 g/mol. The molecule has 0 N–H and O–H groups in total. The molecule has 0 saturated heterocycles. The van der Waals surface area contributed by atoms with Crippen LogP contribution in [0.4, 0.5) is 5.69 Å². The number of carbonyl (C=O) groups is 1. The Kier molecular flexibility index (Phi) is 4.10. The highest BCUT2D eigenvalue weighted by Crippen LogP contribution is 2.36. The lowest BCUT2D eigenvalue weighted by Gasteiger charge is -2.22. The van der Waals surface area contributed by atoms with Crippen molar-refractivity contribution in [3.8, 4) is 11.5 Å². The molecule has 2 heterocycles. The van der Waals surface area contributed by atoms with Gasteiger partial charge >= 0.3 is 0 Å². The van der Waals surface area contributed by atoms with Gasteiger partial charge in [0.05, 0.1) is 5.25 Å². The van der Waals surface area contributed by atoms with Crippen molar-refractivity contribution >= 4 is 23.4 Å². The van der Waals surface area contributed by atoms with Crippen molar-refractivity contribution in [3.63, 3.8) is 0 Å². The number of nitrogens with zero attached hydrogens (tertiary/aromatic N) is 1. The molecule has 24 heavy (non-hydrogen) atoms. The number of amides is 1. The normalized spacial score (nSPS) is 16.6. The van der Waals surface area contributed by atoms with E-state index in [2.05, 4.69) is 6.07 Å². The van der Waals surface area contributed by atoms with Crippen LogP contribution in [-0.4, -0.2) is 30.9 Å². The molecule has 4 rings (SSSR count). The SMILES string of the molecule is C[C@@H](Sc1ccc2c(c1)OCCO2)C(=O)N1CCc2ccccc21. The summed E-state index contributed by atoms with van der Waals surface area (Å²) in [6.45, 7) is 3.89. The number of para-hydroxylation sites is 1. The van der Waals surface area contributed by atoms with Gasteiger partial charge < -0.3 is 14.4 Å². The number of rotatable bonds is 3. The summed E-state index contributed by atoms with van der Waals surface area (Å²) in [6, 6.07) is 14.0. The van der Waals surface area contributed by atoms with E-state index in [1.54, 1.807) is 11.8 Å². The summed E-state index contributed by atoms with van der Waals surface area (Å²) in [6.07, 6.45) is 0.934. The molecule has 2 aliphatic heterocycles. The molecule has 0 saturated carbocycles. The first kappa shape index (κ1) is 15.4. The number of thioether (sulfide) groups is 1. The Morgan fingerprint density at radius 1 is 1.12 bits per heavy atom. The Morgan fingerprint density at radius 3 is 2.79 bits per heavy atom. The van der Waals surface area contributed by atoms with Gasteiger partial charge in [0.2, 0.25) is 5.91 Å². The number of anilines is 1. The molecule has 0 bridgehead atoms. The molecule has 5 heteroatoms. The van der Waals surface area contributed by atoms with Crippen LogP contribution in [0.1, 0.15) is 12.5 Å². The van der Waals surface area contributed by atoms with Gasteiger partial charge in [-0.3, -0.25) is 4.79 Å². The fourth-order valence-electron chi connectivity index (χ4n) is 3.14. The highest BCUT2D eigenvalue weighted by Gasteiger charge is 2.28. The molecule has 2 aromatic carbocycles. The molecule has 0 aliphatic carbocycles. The highest BCUT2D eigenvalue weighted by molar-refractivity contribution is 8.00. The van der Waals surface area contributed by atoms with Gasteiger partial charge in [-0.25, -0.2) is 0 Å². The second-order valence-electron chi connectivity index (χ2n) is 5.93. The van der Waals surface area contributed by atoms with E-state index < -0.39 is 0 Å². The third-order valence-electron chi connectivity index (χ3n) is 4.33. The number of fused-ring (bicyclic) bond motifs is 2. The van der Waals surface area contributed by atoms with Crippen LogP contribution in [0.5, 0.6) is 11.5 Å². The lowest BCUT2D eigenvalue weighted by Crippen LogP contribution is -2.35. The number of carbonyl (C=O) groups excluding carboxylic acids is 1. The second kappa shape index (κ2) is 6.40. The predicted octanol–water partition coefficient (Wildman–Crippen LogP) is 3.53. The maximum Gasteiger partial charge on any atom is 0.240 e. The summed E-state index contributed by atoms with van der Waals surface area (Å²) in [4.78, 5) is 15.8. The van der Waals surface area contributed by atoms with Crippen molar-refractivity contribution in [2.24, 2.45) is 0 Å². The van der Waals surface area contributed by atoms with Crippen LogP contribution in [0.25, 0.3) is 0 Å². The van der Waals surface area contributed by atoms with Crippen molar-refractivity contribution in [2.75, 3.05) is 24.7 Å². The molecular formula is C19H19NO3S. The quantitative estimate of drug-likeness (QED) is 0.801. The summed E-state index contributed by atoms with van der Waals surface area (Å²) in [5.74, 6) is 1.69. The Hall–Kier alpha value is -2.14. The Labute approximate surface area is 145 Å². The first-order valence-electron chi connectivity index (χ1n) is 8.18. The van der Waals surface area contributed by atoms with Gasteiger partial charge in [0.25, 0.3) is 0 Å². The molecule has 1 amide bonds. The van der Waals surface area contributed by atoms with Gasteiger partial charge in [0.15, 0.2) is 11.5 Å². The molecular weight excluding hydrogens is 322 g/mol. The van der Waals surface area contributed by atoms with Gasteiger partial charge in [-0.1, -0.05) is 18.2 Å². The van der Waals surface area contributed by atoms with Crippen molar-refractivity contribution < 1.29 is 14.3 Å². The first-order valence-corrected chi connectivity index (χ1v) is 9.06. The minimum absolute atomic E-state index is 0.153. The number of benzene rings is 2. The minimum atomic E-state index is -0.154. The zero-order valence-corrected chi connectivity index (χ0v) is 14.3. The standard InChI is InChI=1S/C19H19NO3S/c1-13(19(21)20-9-8-14-4-2-3-5-16(14)20)24-15-6-7-17-18(12-15)23-11-10-22-17/h2-7,12-13H,8-11H2,1H3/t13-/m1/s1. The van der Waals surface area contributed by atoms with Crippen molar-refractivity contribution in [2.45, 2.75) is 23.5 Å². The Bertz CT molecular complexity index is 777. The maximum atomic E-state index is 12.9. The van der Waals surface area contributed by atoms with Crippen molar-refractivity contribution in [1.82, 2.24) is 0 Å². The molecule has 0 unspecified atom stereocenters. The molecule has 1 atom stereocenters. The van der Waals surface area contributed by atoms with E-state index >= 15 is 0 Å². The van der Waals surface area contributed by atoms with Crippen LogP contribution >= 0.6 is 11.8 Å². The Morgan fingerprint density at radius 2 is 1.92 bits per heavy atom. The van der Waals surface area contributed by atoms with Gasteiger partial charge in [-0.15, -0.1) is 11.8 Å². The topological polar surface area (TPSA) is 38.8 Å². The number of hydrogen-bond acceptors (Lipinski definition) is 4. The third kappa shape index (κ3) is 2.84. The molecule has 2 aliphatic rings. The largest absolute Gasteiger partial charge is 0.486 e. The van der Waals surface area contributed by atoms with Crippen LogP contribution in [0.3, 0.4) is 0 Å². The van der Waals surface area contributed by atoms with Crippen LogP contribution in [-0.2, 0) is 11.2 Å².